The Labute approximate surface area is 233 Å². The largest absolute Gasteiger partial charge is 0.382 e. The number of carbonyl (C=O) groups excluding carboxylic acids is 1. The zero-order valence-electron chi connectivity index (χ0n) is 9.31. The summed E-state index contributed by atoms with van der Waals surface area (Å²) in [5.41, 5.74) is 0. The van der Waals surface area contributed by atoms with Crippen molar-refractivity contribution < 1.29 is 8.62 Å². The maximum absolute atomic E-state index is 12.1. The lowest BCUT2D eigenvalue weighted by molar-refractivity contribution is -0.132. The van der Waals surface area contributed by atoms with Crippen molar-refractivity contribution in [3.8, 4) is 0 Å². The lowest BCUT2D eigenvalue weighted by Crippen LogP contribution is -2.63. The van der Waals surface area contributed by atoms with Crippen molar-refractivity contribution in [1.82, 2.24) is 0 Å². The van der Waals surface area contributed by atoms with Gasteiger partial charge in [0.2, 0.25) is 3.23 Å². The van der Waals surface area contributed by atoms with E-state index in [1.807, 2.05) is 0 Å². The first kappa shape index (κ1) is 27.5. The van der Waals surface area contributed by atoms with E-state index in [4.69, 9.17) is 11.6 Å². The van der Waals surface area contributed by atoms with Gasteiger partial charge < -0.3 is 3.83 Å². The van der Waals surface area contributed by atoms with Crippen LogP contribution >= 0.6 is 203 Å². The molecule has 0 aliphatic carbocycles. The molecule has 0 N–H and O–H groups in total. The molecule has 2 nitrogen and oxygen atoms in total. The number of hydrogen-bond acceptors (Lipinski definition) is 2. The molecule has 15 heteroatoms. The first-order chi connectivity index (χ1) is 9.42. The minimum Gasteiger partial charge on any atom is -0.382 e. The Hall–Kier alpha value is 5.52. The number of alkyl halides is 12. The molecule has 0 aromatic carbocycles. The molecule has 0 aromatic rings. The van der Waals surface area contributed by atoms with Crippen molar-refractivity contribution in [2.75, 3.05) is 0 Å². The molecule has 0 rings (SSSR count). The van der Waals surface area contributed by atoms with Gasteiger partial charge in [-0.1, -0.05) is 175 Å². The molecule has 0 saturated carbocycles. The van der Waals surface area contributed by atoms with Crippen molar-refractivity contribution in [2.45, 2.75) is 20.5 Å². The Bertz CT molecular complexity index is 433. The average molecular weight is 1110 g/mol. The minimum atomic E-state index is -1.40. The molecule has 0 heterocycles. The van der Waals surface area contributed by atoms with Crippen LogP contribution in [-0.2, 0) is 8.62 Å². The Morgan fingerprint density at radius 1 is 0.818 bits per heavy atom. The van der Waals surface area contributed by atoms with Crippen molar-refractivity contribution in [3.63, 3.8) is 0 Å². The molecule has 0 aliphatic rings. The van der Waals surface area contributed by atoms with Gasteiger partial charge >= 0.3 is 5.97 Å². The molecule has 0 spiro atoms. The molecule has 1 unspecified atom stereocenters. The average Bonchev–Trinajstić information content (AvgIpc) is 2.36. The van der Waals surface area contributed by atoms with Crippen LogP contribution in [0.25, 0.3) is 0 Å². The highest BCUT2D eigenvalue weighted by Gasteiger charge is 2.73. The summed E-state index contributed by atoms with van der Waals surface area (Å²) in [5, 5.41) is 0. The van der Waals surface area contributed by atoms with E-state index in [1.54, 1.807) is 0 Å². The zero-order chi connectivity index (χ0) is 18.4. The highest BCUT2D eigenvalue weighted by atomic mass is 79.9. The summed E-state index contributed by atoms with van der Waals surface area (Å²) in [5.74, 6) is -0.656. The van der Waals surface area contributed by atoms with Crippen LogP contribution in [0, 0.1) is 0 Å². The number of halogens is 13. The fourth-order valence-corrected chi connectivity index (χ4v) is 10.7. The predicted molar refractivity (Wildman–Crippen MR) is 137 cm³/mol. The molecule has 0 radical (unpaired) electrons. The van der Waals surface area contributed by atoms with Gasteiger partial charge in [0.15, 0.2) is 16.3 Å². The van der Waals surface area contributed by atoms with Gasteiger partial charge in [0.05, 0.1) is 0 Å². The maximum Gasteiger partial charge on any atom is 0.347 e. The van der Waals surface area contributed by atoms with E-state index in [-0.39, 0.29) is 0 Å². The van der Waals surface area contributed by atoms with E-state index in [1.165, 1.54) is 0 Å². The zero-order valence-corrected chi connectivity index (χ0v) is 29.1. The second-order valence-corrected chi connectivity index (χ2v) is 23.1. The van der Waals surface area contributed by atoms with E-state index < -0.39 is 26.4 Å². The fraction of sp³-hybridized carbons (Fsp3) is 0.857. The first-order valence-corrected chi connectivity index (χ1v) is 14.4. The van der Waals surface area contributed by atoms with Crippen LogP contribution in [0.4, 0.5) is 0 Å². The Morgan fingerprint density at radius 3 is 1.45 bits per heavy atom. The van der Waals surface area contributed by atoms with Gasteiger partial charge in [-0.2, -0.15) is 0 Å². The van der Waals surface area contributed by atoms with Crippen LogP contribution in [0.1, 0.15) is 0 Å². The van der Waals surface area contributed by atoms with Gasteiger partial charge in [-0.05, 0) is 0 Å². The van der Waals surface area contributed by atoms with Gasteiger partial charge in [0.25, 0.3) is 0 Å². The van der Waals surface area contributed by atoms with Gasteiger partial charge in [0, 0.05) is 0 Å². The third-order valence-electron chi connectivity index (χ3n) is 2.20. The summed E-state index contributed by atoms with van der Waals surface area (Å²) in [4.78, 5) is 12.1. The molecule has 0 aliphatic heterocycles. The summed E-state index contributed by atoms with van der Waals surface area (Å²) in [7, 11) is 0. The summed E-state index contributed by atoms with van der Waals surface area (Å²) in [6, 6.07) is 0. The first-order valence-electron chi connectivity index (χ1n) is 4.43. The van der Waals surface area contributed by atoms with E-state index >= 15 is 0 Å². The molecular weight excluding hydrogens is 1110 g/mol. The van der Waals surface area contributed by atoms with Crippen LogP contribution in [0.2, 0.25) is 0 Å². The van der Waals surface area contributed by atoms with Crippen molar-refractivity contribution in [1.29, 1.82) is 0 Å². The lowest BCUT2D eigenvalue weighted by atomic mass is 10.1. The monoisotopic (exact) mass is 1100 g/mol. The molecule has 0 fully saturated rings. The molecule has 0 saturated heterocycles. The summed E-state index contributed by atoms with van der Waals surface area (Å²) >= 11 is 47.0. The van der Waals surface area contributed by atoms with Crippen LogP contribution in [0.3, 0.4) is 0 Å². The van der Waals surface area contributed by atoms with Crippen molar-refractivity contribution >= 4 is 209 Å². The Balaban J connectivity index is 6.17. The van der Waals surface area contributed by atoms with Crippen LogP contribution in [0.15, 0.2) is 0 Å². The minimum absolute atomic E-state index is 0.563. The van der Waals surface area contributed by atoms with E-state index in [9.17, 15) is 4.79 Å². The van der Waals surface area contributed by atoms with E-state index in [0.717, 1.165) is 0 Å². The second-order valence-electron chi connectivity index (χ2n) is 3.59. The summed E-state index contributed by atoms with van der Waals surface area (Å²) in [6.45, 7) is 0. The third kappa shape index (κ3) is 4.98. The smallest absolute Gasteiger partial charge is 0.347 e. The SMILES string of the molecule is O=C(OBr)C(Br)(Br)C(Br)(Br)C(Br)(Br)C(Br)(Br)C(Br)(Br)C(Cl)Br. The van der Waals surface area contributed by atoms with Crippen LogP contribution in [-0.4, -0.2) is 26.4 Å². The summed E-state index contributed by atoms with van der Waals surface area (Å²) < 4.78 is -1.60. The standard InChI is InChI=1S/C7HBr12ClO2/c8-1(20)3(9,10)5(13,14)7(17,18)6(15,16)4(11,12)2(21)22-19/h1H. The van der Waals surface area contributed by atoms with Crippen LogP contribution < -0.4 is 0 Å². The Morgan fingerprint density at radius 2 is 1.18 bits per heavy atom. The third-order valence-corrected chi connectivity index (χ3v) is 24.9. The number of rotatable bonds is 6. The van der Waals surface area contributed by atoms with Crippen LogP contribution in [0.5, 0.6) is 0 Å². The molecule has 0 bridgehead atoms. The second kappa shape index (κ2) is 9.55. The quantitative estimate of drug-likeness (QED) is 0.248. The highest BCUT2D eigenvalue weighted by Crippen LogP contribution is 2.72. The van der Waals surface area contributed by atoms with E-state index in [2.05, 4.69) is 195 Å². The predicted octanol–water partition coefficient (Wildman–Crippen LogP) is 9.23. The molecule has 0 amide bonds. The number of carbonyl (C=O) groups is 1. The van der Waals surface area contributed by atoms with Gasteiger partial charge in [-0.3, -0.25) is 0 Å². The van der Waals surface area contributed by atoms with Crippen molar-refractivity contribution in [2.24, 2.45) is 0 Å². The molecule has 0 aromatic heterocycles. The Kier molecular flexibility index (Phi) is 12.0. The fourth-order valence-electron chi connectivity index (χ4n) is 0.917. The van der Waals surface area contributed by atoms with Gasteiger partial charge in [-0.15, -0.1) is 11.6 Å². The maximum atomic E-state index is 12.1. The molecular formula is C7HBr12ClO2. The molecule has 1 atom stereocenters. The van der Waals surface area contributed by atoms with Gasteiger partial charge in [-0.25, -0.2) is 4.79 Å². The van der Waals surface area contributed by atoms with Crippen molar-refractivity contribution in [3.05, 3.63) is 0 Å². The molecule has 22 heavy (non-hydrogen) atoms. The molecule has 132 valence electrons. The van der Waals surface area contributed by atoms with Gasteiger partial charge in [0.1, 0.15) is 17.2 Å². The summed E-state index contributed by atoms with van der Waals surface area (Å²) in [6.07, 6.45) is 0. The lowest BCUT2D eigenvalue weighted by Gasteiger charge is -2.51. The topological polar surface area (TPSA) is 26.3 Å². The number of hydrogen-bond donors (Lipinski definition) is 0. The van der Waals surface area contributed by atoms with E-state index in [0.29, 0.717) is 0 Å². The normalized spacial score (nSPS) is 16.4. The highest BCUT2D eigenvalue weighted by molar-refractivity contribution is 9.35.